The van der Waals surface area contributed by atoms with Crippen molar-refractivity contribution in [1.82, 2.24) is 0 Å². The molecule has 0 heterocycles. The maximum absolute atomic E-state index is 4.25. The summed E-state index contributed by atoms with van der Waals surface area (Å²) in [5, 5.41) is 0. The Bertz CT molecular complexity index is 231. The van der Waals surface area contributed by atoms with Gasteiger partial charge in [0.1, 0.15) is 0 Å². The number of nitrogens with zero attached hydrogens (tertiary/aromatic N) is 1. The summed E-state index contributed by atoms with van der Waals surface area (Å²) in [5.41, 5.74) is 1.27. The molecule has 0 radical (unpaired) electrons. The molecule has 0 saturated carbocycles. The first-order chi connectivity index (χ1) is 5.33. The van der Waals surface area contributed by atoms with Crippen LogP contribution in [0.1, 0.15) is 13.8 Å². The highest BCUT2D eigenvalue weighted by Crippen LogP contribution is 2.05. The van der Waals surface area contributed by atoms with Crippen LogP contribution in [0.2, 0.25) is 0 Å². The van der Waals surface area contributed by atoms with Gasteiger partial charge in [0.05, 0.1) is 6.04 Å². The first-order valence-corrected chi connectivity index (χ1v) is 3.84. The number of aliphatic imine (C=N–C) groups is 1. The van der Waals surface area contributed by atoms with Crippen LogP contribution in [-0.2, 0) is 0 Å². The molecule has 0 fully saturated rings. The molecule has 0 saturated heterocycles. The lowest BCUT2D eigenvalue weighted by Crippen LogP contribution is -1.92. The lowest BCUT2D eigenvalue weighted by Gasteiger charge is -1.96. The van der Waals surface area contributed by atoms with E-state index in [-0.39, 0.29) is 6.04 Å². The molecule has 1 atom stereocenters. The highest BCUT2D eigenvalue weighted by atomic mass is 14.7. The molecule has 0 aliphatic heterocycles. The molecule has 11 heavy (non-hydrogen) atoms. The summed E-state index contributed by atoms with van der Waals surface area (Å²) in [6.07, 6.45) is 12.2. The van der Waals surface area contributed by atoms with Gasteiger partial charge in [-0.25, -0.2) is 0 Å². The fraction of sp³-hybridized carbons (Fsp3) is 0.300. The summed E-state index contributed by atoms with van der Waals surface area (Å²) < 4.78 is 0. The molecule has 1 heteroatoms. The van der Waals surface area contributed by atoms with Gasteiger partial charge in [0, 0.05) is 0 Å². The molecule has 0 bridgehead atoms. The Hall–Kier alpha value is -1.11. The van der Waals surface area contributed by atoms with Crippen LogP contribution in [0.25, 0.3) is 0 Å². The van der Waals surface area contributed by atoms with Gasteiger partial charge in [-0.3, -0.25) is 4.99 Å². The summed E-state index contributed by atoms with van der Waals surface area (Å²) >= 11 is 0. The standard InChI is InChI=1S/C10H13N/c1-3-11-10-6-4-5-9(2)7-8-10/h3-8,10H,1-2H3. The third-order valence-corrected chi connectivity index (χ3v) is 1.54. The molecule has 1 nitrogen and oxygen atoms in total. The molecule has 1 unspecified atom stereocenters. The first kappa shape index (κ1) is 7.99. The van der Waals surface area contributed by atoms with Crippen molar-refractivity contribution in [3.63, 3.8) is 0 Å². The molecule has 58 valence electrons. The van der Waals surface area contributed by atoms with Crippen molar-refractivity contribution in [2.24, 2.45) is 4.99 Å². The molecular formula is C10H13N. The average molecular weight is 147 g/mol. The van der Waals surface area contributed by atoms with E-state index in [0.29, 0.717) is 0 Å². The summed E-state index contributed by atoms with van der Waals surface area (Å²) in [6, 6.07) is 0.230. The Balaban J connectivity index is 2.71. The third kappa shape index (κ3) is 2.54. The largest absolute Gasteiger partial charge is 0.286 e. The zero-order valence-electron chi connectivity index (χ0n) is 6.99. The van der Waals surface area contributed by atoms with Gasteiger partial charge >= 0.3 is 0 Å². The lowest BCUT2D eigenvalue weighted by atomic mass is 10.2. The molecule has 1 aliphatic rings. The van der Waals surface area contributed by atoms with E-state index < -0.39 is 0 Å². The number of rotatable bonds is 1. The SMILES string of the molecule is CC=NC1C=CC=C(C)C=C1. The summed E-state index contributed by atoms with van der Waals surface area (Å²) in [6.45, 7) is 4.02. The average Bonchev–Trinajstić information content (AvgIpc) is 2.17. The second-order valence-electron chi connectivity index (χ2n) is 2.55. The zero-order valence-corrected chi connectivity index (χ0v) is 6.99. The quantitative estimate of drug-likeness (QED) is 0.505. The molecule has 0 aromatic heterocycles. The van der Waals surface area contributed by atoms with Crippen LogP contribution >= 0.6 is 0 Å². The van der Waals surface area contributed by atoms with Crippen LogP contribution in [-0.4, -0.2) is 12.3 Å². The van der Waals surface area contributed by atoms with E-state index in [2.05, 4.69) is 36.2 Å². The first-order valence-electron chi connectivity index (χ1n) is 3.84. The molecule has 0 aromatic carbocycles. The Kier molecular flexibility index (Phi) is 2.84. The van der Waals surface area contributed by atoms with E-state index in [9.17, 15) is 0 Å². The maximum atomic E-state index is 4.25. The van der Waals surface area contributed by atoms with E-state index in [0.717, 1.165) is 0 Å². The van der Waals surface area contributed by atoms with Crippen LogP contribution < -0.4 is 0 Å². The predicted molar refractivity (Wildman–Crippen MR) is 50.0 cm³/mol. The van der Waals surface area contributed by atoms with Crippen LogP contribution in [0, 0.1) is 0 Å². The fourth-order valence-electron chi connectivity index (χ4n) is 0.963. The Morgan fingerprint density at radius 1 is 1.45 bits per heavy atom. The minimum atomic E-state index is 0.230. The molecule has 0 aromatic rings. The van der Waals surface area contributed by atoms with Gasteiger partial charge in [-0.2, -0.15) is 0 Å². The van der Waals surface area contributed by atoms with Crippen molar-refractivity contribution in [3.8, 4) is 0 Å². The summed E-state index contributed by atoms with van der Waals surface area (Å²) in [7, 11) is 0. The van der Waals surface area contributed by atoms with Gasteiger partial charge in [0.15, 0.2) is 0 Å². The Morgan fingerprint density at radius 3 is 3.00 bits per heavy atom. The number of hydrogen-bond acceptors (Lipinski definition) is 1. The van der Waals surface area contributed by atoms with Gasteiger partial charge in [-0.05, 0) is 20.1 Å². The normalized spacial score (nSPS) is 23.8. The van der Waals surface area contributed by atoms with Crippen molar-refractivity contribution in [1.29, 1.82) is 0 Å². The second kappa shape index (κ2) is 3.91. The van der Waals surface area contributed by atoms with E-state index in [1.807, 2.05) is 19.2 Å². The highest BCUT2D eigenvalue weighted by Gasteiger charge is 1.95. The molecule has 0 amide bonds. The summed E-state index contributed by atoms with van der Waals surface area (Å²) in [4.78, 5) is 4.25. The fourth-order valence-corrected chi connectivity index (χ4v) is 0.963. The van der Waals surface area contributed by atoms with Gasteiger partial charge < -0.3 is 0 Å². The monoisotopic (exact) mass is 147 g/mol. The molecule has 1 aliphatic carbocycles. The summed E-state index contributed by atoms with van der Waals surface area (Å²) in [5.74, 6) is 0. The van der Waals surface area contributed by atoms with E-state index in [1.165, 1.54) is 5.57 Å². The van der Waals surface area contributed by atoms with Crippen LogP contribution in [0.15, 0.2) is 40.9 Å². The molecule has 0 N–H and O–H groups in total. The van der Waals surface area contributed by atoms with Crippen molar-refractivity contribution < 1.29 is 0 Å². The minimum absolute atomic E-state index is 0.230. The Morgan fingerprint density at radius 2 is 2.27 bits per heavy atom. The van der Waals surface area contributed by atoms with Gasteiger partial charge in [0.25, 0.3) is 0 Å². The van der Waals surface area contributed by atoms with Crippen LogP contribution in [0.4, 0.5) is 0 Å². The van der Waals surface area contributed by atoms with E-state index in [1.54, 1.807) is 0 Å². The zero-order chi connectivity index (χ0) is 8.10. The minimum Gasteiger partial charge on any atom is -0.286 e. The van der Waals surface area contributed by atoms with Crippen molar-refractivity contribution >= 4 is 6.21 Å². The van der Waals surface area contributed by atoms with Gasteiger partial charge in [0.2, 0.25) is 0 Å². The smallest absolute Gasteiger partial charge is 0.0863 e. The second-order valence-corrected chi connectivity index (χ2v) is 2.55. The van der Waals surface area contributed by atoms with E-state index in [4.69, 9.17) is 0 Å². The van der Waals surface area contributed by atoms with Crippen molar-refractivity contribution in [3.05, 3.63) is 36.0 Å². The third-order valence-electron chi connectivity index (χ3n) is 1.54. The maximum Gasteiger partial charge on any atom is 0.0863 e. The van der Waals surface area contributed by atoms with E-state index >= 15 is 0 Å². The number of hydrogen-bond donors (Lipinski definition) is 0. The molecule has 1 rings (SSSR count). The van der Waals surface area contributed by atoms with Gasteiger partial charge in [-0.1, -0.05) is 36.0 Å². The molecule has 0 spiro atoms. The molecular weight excluding hydrogens is 134 g/mol. The predicted octanol–water partition coefficient (Wildman–Crippen LogP) is 2.52. The Labute approximate surface area is 67.8 Å². The van der Waals surface area contributed by atoms with Crippen LogP contribution in [0.3, 0.4) is 0 Å². The highest BCUT2D eigenvalue weighted by molar-refractivity contribution is 5.54. The topological polar surface area (TPSA) is 12.4 Å². The van der Waals surface area contributed by atoms with Crippen molar-refractivity contribution in [2.45, 2.75) is 19.9 Å². The lowest BCUT2D eigenvalue weighted by molar-refractivity contribution is 1.03. The number of allylic oxidation sites excluding steroid dienone is 4. The van der Waals surface area contributed by atoms with Crippen molar-refractivity contribution in [2.75, 3.05) is 0 Å². The van der Waals surface area contributed by atoms with Gasteiger partial charge in [-0.15, -0.1) is 0 Å². The van der Waals surface area contributed by atoms with Crippen LogP contribution in [0.5, 0.6) is 0 Å².